The van der Waals surface area contributed by atoms with Gasteiger partial charge in [-0.25, -0.2) is 4.79 Å². The van der Waals surface area contributed by atoms with Gasteiger partial charge in [0, 0.05) is 5.92 Å². The number of carboxylic acids is 1. The lowest BCUT2D eigenvalue weighted by Gasteiger charge is -2.27. The van der Waals surface area contributed by atoms with Gasteiger partial charge in [0.15, 0.2) is 11.5 Å². The van der Waals surface area contributed by atoms with Crippen LogP contribution in [-0.2, 0) is 16.0 Å². The second kappa shape index (κ2) is 8.57. The molecule has 2 N–H and O–H groups in total. The van der Waals surface area contributed by atoms with Crippen LogP contribution in [0.15, 0.2) is 18.2 Å². The molecule has 0 saturated heterocycles. The smallest absolute Gasteiger partial charge is 0.329 e. The van der Waals surface area contributed by atoms with Gasteiger partial charge in [0.1, 0.15) is 5.54 Å². The molecule has 0 heterocycles. The monoisotopic (exact) mass is 337 g/mol. The van der Waals surface area contributed by atoms with Crippen molar-refractivity contribution in [3.8, 4) is 11.5 Å². The quantitative estimate of drug-likeness (QED) is 0.723. The van der Waals surface area contributed by atoms with Gasteiger partial charge in [0.25, 0.3) is 0 Å². The fraction of sp³-hybridized carbons (Fsp3) is 0.556. The molecule has 2 atom stereocenters. The first-order valence-electron chi connectivity index (χ1n) is 8.03. The lowest BCUT2D eigenvalue weighted by molar-refractivity contribution is -0.147. The maximum absolute atomic E-state index is 12.4. The number of carbonyl (C=O) groups is 2. The van der Waals surface area contributed by atoms with Gasteiger partial charge in [-0.2, -0.15) is 0 Å². The van der Waals surface area contributed by atoms with Gasteiger partial charge in [-0.15, -0.1) is 0 Å². The van der Waals surface area contributed by atoms with Crippen molar-refractivity contribution < 1.29 is 24.2 Å². The molecule has 1 amide bonds. The highest BCUT2D eigenvalue weighted by Crippen LogP contribution is 2.28. The largest absolute Gasteiger partial charge is 0.493 e. The van der Waals surface area contributed by atoms with Crippen molar-refractivity contribution >= 4 is 11.9 Å². The Balaban J connectivity index is 2.81. The predicted molar refractivity (Wildman–Crippen MR) is 91.5 cm³/mol. The molecule has 24 heavy (non-hydrogen) atoms. The Hall–Kier alpha value is -2.24. The zero-order valence-electron chi connectivity index (χ0n) is 15.0. The summed E-state index contributed by atoms with van der Waals surface area (Å²) in [6.45, 7) is 5.21. The molecular formula is C18H27NO5. The summed E-state index contributed by atoms with van der Waals surface area (Å²) in [6.07, 6.45) is 1.54. The number of carbonyl (C=O) groups excluding carboxylic acids is 1. The van der Waals surface area contributed by atoms with Gasteiger partial charge < -0.3 is 19.9 Å². The summed E-state index contributed by atoms with van der Waals surface area (Å²) in [4.78, 5) is 23.8. The topological polar surface area (TPSA) is 84.9 Å². The lowest BCUT2D eigenvalue weighted by atomic mass is 9.93. The highest BCUT2D eigenvalue weighted by molar-refractivity contribution is 5.87. The van der Waals surface area contributed by atoms with Crippen LogP contribution in [0.5, 0.6) is 11.5 Å². The van der Waals surface area contributed by atoms with Crippen molar-refractivity contribution in [3.05, 3.63) is 23.8 Å². The van der Waals surface area contributed by atoms with Crippen LogP contribution in [0.2, 0.25) is 0 Å². The third-order valence-electron chi connectivity index (χ3n) is 4.06. The SMILES string of the molecule is CCCC(C)(NC(=O)C(C)Cc1ccc(OC)c(OC)c1)C(=O)O. The molecule has 1 aromatic rings. The molecule has 134 valence electrons. The van der Waals surface area contributed by atoms with E-state index >= 15 is 0 Å². The van der Waals surface area contributed by atoms with Crippen molar-refractivity contribution in [3.63, 3.8) is 0 Å². The summed E-state index contributed by atoms with van der Waals surface area (Å²) in [6, 6.07) is 5.48. The van der Waals surface area contributed by atoms with E-state index in [1.54, 1.807) is 34.1 Å². The van der Waals surface area contributed by atoms with Gasteiger partial charge in [0.2, 0.25) is 5.91 Å². The fourth-order valence-electron chi connectivity index (χ4n) is 2.57. The normalized spacial score (nSPS) is 14.4. The van der Waals surface area contributed by atoms with E-state index in [-0.39, 0.29) is 11.8 Å². The molecule has 0 fully saturated rings. The van der Waals surface area contributed by atoms with E-state index in [2.05, 4.69) is 5.32 Å². The van der Waals surface area contributed by atoms with E-state index in [0.29, 0.717) is 30.8 Å². The third kappa shape index (κ3) is 4.88. The Kier molecular flexibility index (Phi) is 7.07. The van der Waals surface area contributed by atoms with Crippen LogP contribution in [0.1, 0.15) is 39.2 Å². The first-order valence-corrected chi connectivity index (χ1v) is 8.03. The Morgan fingerprint density at radius 2 is 1.88 bits per heavy atom. The minimum atomic E-state index is -1.24. The summed E-state index contributed by atoms with van der Waals surface area (Å²) < 4.78 is 10.5. The summed E-state index contributed by atoms with van der Waals surface area (Å²) >= 11 is 0. The molecule has 0 saturated carbocycles. The zero-order chi connectivity index (χ0) is 18.3. The Morgan fingerprint density at radius 1 is 1.25 bits per heavy atom. The maximum Gasteiger partial charge on any atom is 0.329 e. The van der Waals surface area contributed by atoms with Gasteiger partial charge >= 0.3 is 5.97 Å². The molecule has 6 heteroatoms. The minimum absolute atomic E-state index is 0.275. The number of amides is 1. The summed E-state index contributed by atoms with van der Waals surface area (Å²) in [5.74, 6) is -0.429. The standard InChI is InChI=1S/C18H27NO5/c1-6-9-18(3,17(21)22)19-16(20)12(2)10-13-7-8-14(23-4)15(11-13)24-5/h7-8,11-12H,6,9-10H2,1-5H3,(H,19,20)(H,21,22). The van der Waals surface area contributed by atoms with E-state index < -0.39 is 11.5 Å². The second-order valence-electron chi connectivity index (χ2n) is 6.17. The highest BCUT2D eigenvalue weighted by atomic mass is 16.5. The number of benzene rings is 1. The molecule has 6 nitrogen and oxygen atoms in total. The molecular weight excluding hydrogens is 310 g/mol. The molecule has 0 aliphatic heterocycles. The lowest BCUT2D eigenvalue weighted by Crippen LogP contribution is -2.53. The van der Waals surface area contributed by atoms with Crippen LogP contribution >= 0.6 is 0 Å². The molecule has 0 aliphatic rings. The number of hydrogen-bond donors (Lipinski definition) is 2. The van der Waals surface area contributed by atoms with Crippen LogP contribution in [0.25, 0.3) is 0 Å². The molecule has 0 bridgehead atoms. The summed E-state index contributed by atoms with van der Waals surface area (Å²) in [5.41, 5.74) is -0.319. The van der Waals surface area contributed by atoms with Crippen LogP contribution in [0, 0.1) is 5.92 Å². The van der Waals surface area contributed by atoms with Crippen molar-refractivity contribution in [2.75, 3.05) is 14.2 Å². The van der Waals surface area contributed by atoms with Crippen molar-refractivity contribution in [2.45, 2.75) is 45.6 Å². The number of ether oxygens (including phenoxy) is 2. The van der Waals surface area contributed by atoms with E-state index in [9.17, 15) is 14.7 Å². The number of nitrogens with one attached hydrogen (secondary N) is 1. The zero-order valence-corrected chi connectivity index (χ0v) is 15.0. The first-order chi connectivity index (χ1) is 11.3. The summed E-state index contributed by atoms with van der Waals surface area (Å²) in [7, 11) is 3.12. The van der Waals surface area contributed by atoms with Crippen LogP contribution in [-0.4, -0.2) is 36.7 Å². The van der Waals surface area contributed by atoms with Gasteiger partial charge in [-0.1, -0.05) is 26.3 Å². The fourth-order valence-corrected chi connectivity index (χ4v) is 2.57. The van der Waals surface area contributed by atoms with Crippen LogP contribution < -0.4 is 14.8 Å². The molecule has 0 spiro atoms. The number of hydrogen-bond acceptors (Lipinski definition) is 4. The first kappa shape index (κ1) is 19.8. The predicted octanol–water partition coefficient (Wildman–Crippen LogP) is 2.64. The van der Waals surface area contributed by atoms with Crippen molar-refractivity contribution in [1.29, 1.82) is 0 Å². The second-order valence-corrected chi connectivity index (χ2v) is 6.17. The highest BCUT2D eigenvalue weighted by Gasteiger charge is 2.34. The number of aliphatic carboxylic acids is 1. The Labute approximate surface area is 143 Å². The third-order valence-corrected chi connectivity index (χ3v) is 4.06. The van der Waals surface area contributed by atoms with E-state index in [4.69, 9.17) is 9.47 Å². The van der Waals surface area contributed by atoms with Gasteiger partial charge in [-0.3, -0.25) is 4.79 Å². The average molecular weight is 337 g/mol. The molecule has 0 aliphatic carbocycles. The van der Waals surface area contributed by atoms with Crippen molar-refractivity contribution in [2.24, 2.45) is 5.92 Å². The van der Waals surface area contributed by atoms with E-state index in [0.717, 1.165) is 5.56 Å². The van der Waals surface area contributed by atoms with Gasteiger partial charge in [-0.05, 0) is 37.5 Å². The minimum Gasteiger partial charge on any atom is -0.493 e. The Morgan fingerprint density at radius 3 is 2.38 bits per heavy atom. The number of carboxylic acid groups (broad SMARTS) is 1. The summed E-state index contributed by atoms with van der Waals surface area (Å²) in [5, 5.41) is 12.0. The number of rotatable bonds is 9. The van der Waals surface area contributed by atoms with Gasteiger partial charge in [0.05, 0.1) is 14.2 Å². The van der Waals surface area contributed by atoms with Crippen LogP contribution in [0.4, 0.5) is 0 Å². The average Bonchev–Trinajstić information content (AvgIpc) is 2.54. The maximum atomic E-state index is 12.4. The molecule has 0 radical (unpaired) electrons. The molecule has 1 rings (SSSR count). The van der Waals surface area contributed by atoms with E-state index in [1.807, 2.05) is 19.1 Å². The Bertz CT molecular complexity index is 587. The molecule has 0 aromatic heterocycles. The van der Waals surface area contributed by atoms with E-state index in [1.165, 1.54) is 0 Å². The van der Waals surface area contributed by atoms with Crippen LogP contribution in [0.3, 0.4) is 0 Å². The molecule has 2 unspecified atom stereocenters. The molecule has 1 aromatic carbocycles. The van der Waals surface area contributed by atoms with Crippen molar-refractivity contribution in [1.82, 2.24) is 5.32 Å². The number of methoxy groups -OCH3 is 2.